The zero-order valence-corrected chi connectivity index (χ0v) is 38.4. The van der Waals surface area contributed by atoms with E-state index >= 15 is 0 Å². The first-order valence-corrected chi connectivity index (χ1v) is 19.8. The summed E-state index contributed by atoms with van der Waals surface area (Å²) in [7, 11) is 0. The van der Waals surface area contributed by atoms with E-state index in [4.69, 9.17) is 23.7 Å². The Bertz CT molecular complexity index is 1370. The third-order valence-corrected chi connectivity index (χ3v) is 8.17. The van der Waals surface area contributed by atoms with Gasteiger partial charge in [-0.15, -0.1) is 17.0 Å². The molecule has 1 fully saturated rings. The van der Waals surface area contributed by atoms with Gasteiger partial charge in [0.1, 0.15) is 35.1 Å². The summed E-state index contributed by atoms with van der Waals surface area (Å²) >= 11 is 0. The van der Waals surface area contributed by atoms with Gasteiger partial charge in [-0.25, -0.2) is 0 Å². The van der Waals surface area contributed by atoms with E-state index < -0.39 is 52.3 Å². The van der Waals surface area contributed by atoms with Crippen molar-refractivity contribution in [1.82, 2.24) is 19.6 Å². The Hall–Kier alpha value is -3.11. The van der Waals surface area contributed by atoms with Crippen LogP contribution < -0.4 is 0 Å². The van der Waals surface area contributed by atoms with Gasteiger partial charge in [-0.05, 0) is 95.1 Å². The molecule has 0 N–H and O–H groups in total. The Kier molecular flexibility index (Phi) is 21.4. The van der Waals surface area contributed by atoms with Crippen LogP contribution in [0.1, 0.15) is 101 Å². The fraction of sp³-hybridized carbons (Fsp3) is 0.738. The van der Waals surface area contributed by atoms with Crippen molar-refractivity contribution in [3.05, 3.63) is 35.9 Å². The molecule has 0 bridgehead atoms. The van der Waals surface area contributed by atoms with Crippen molar-refractivity contribution in [1.29, 1.82) is 0 Å². The van der Waals surface area contributed by atoms with E-state index in [0.29, 0.717) is 52.4 Å². The minimum atomic E-state index is -0.836. The Morgan fingerprint density at radius 1 is 0.526 bits per heavy atom. The number of rotatable bonds is 13. The van der Waals surface area contributed by atoms with Gasteiger partial charge >= 0.3 is 29.8 Å². The highest BCUT2D eigenvalue weighted by molar-refractivity contribution is 8.93. The molecule has 1 saturated heterocycles. The summed E-state index contributed by atoms with van der Waals surface area (Å²) in [5, 5.41) is 0. The SMILES string of the molecule is Br.CC(C)(C)OC(=O)CN1CCN(CC(=O)OC(C)(C)C)CCN(C(CCC(=O)OCc2ccccc2)C(=O)OC(C)(C)C)CCN(CC(=O)OC(C)(C)C)CC1. The lowest BCUT2D eigenvalue weighted by molar-refractivity contribution is -0.163. The van der Waals surface area contributed by atoms with Gasteiger partial charge in [0.25, 0.3) is 0 Å². The number of esters is 5. The molecule has 1 aliphatic rings. The molecule has 15 heteroatoms. The normalized spacial score (nSPS) is 16.8. The number of ether oxygens (including phenoxy) is 5. The molecule has 1 unspecified atom stereocenters. The van der Waals surface area contributed by atoms with Crippen molar-refractivity contribution < 1.29 is 47.7 Å². The fourth-order valence-electron chi connectivity index (χ4n) is 5.89. The first-order chi connectivity index (χ1) is 25.8. The van der Waals surface area contributed by atoms with Crippen molar-refractivity contribution in [2.24, 2.45) is 0 Å². The number of benzene rings is 1. The van der Waals surface area contributed by atoms with Gasteiger partial charge in [-0.3, -0.25) is 43.6 Å². The lowest BCUT2D eigenvalue weighted by atomic mass is 10.1. The molecule has 0 amide bonds. The number of carbonyl (C=O) groups is 5. The average molecular weight is 872 g/mol. The standard InChI is InChI=1S/C42H70N4O10.BrH/c1-39(2,3)53-35(48)28-43-20-22-44(29-36(49)54-40(4,5)6)24-26-46(27-25-45(23-21-43)30-37(50)55-41(7,8)9)33(38(51)56-42(10,11)12)18-19-34(47)52-31-32-16-14-13-15-17-32;/h13-17,33H,18-31H2,1-12H3;1H. The quantitative estimate of drug-likeness (QED) is 0.193. The van der Waals surface area contributed by atoms with E-state index in [0.717, 1.165) is 5.56 Å². The topological polar surface area (TPSA) is 144 Å². The Morgan fingerprint density at radius 3 is 1.23 bits per heavy atom. The first kappa shape index (κ1) is 51.9. The molecule has 0 radical (unpaired) electrons. The molecule has 0 aromatic heterocycles. The van der Waals surface area contributed by atoms with Crippen LogP contribution in [0.4, 0.5) is 0 Å². The van der Waals surface area contributed by atoms with Gasteiger partial charge in [0.05, 0.1) is 19.6 Å². The number of nitrogens with zero attached hydrogens (tertiary/aromatic N) is 4. The Balaban J connectivity index is 0.0000162. The van der Waals surface area contributed by atoms with Crippen LogP contribution in [0.5, 0.6) is 0 Å². The Labute approximate surface area is 351 Å². The minimum Gasteiger partial charge on any atom is -0.461 e. The highest BCUT2D eigenvalue weighted by Crippen LogP contribution is 2.18. The van der Waals surface area contributed by atoms with Crippen molar-refractivity contribution >= 4 is 46.8 Å². The smallest absolute Gasteiger partial charge is 0.323 e. The summed E-state index contributed by atoms with van der Waals surface area (Å²) in [6.45, 7) is 24.7. The number of carbonyl (C=O) groups excluding carboxylic acids is 5. The van der Waals surface area contributed by atoms with Gasteiger partial charge in [-0.2, -0.15) is 0 Å². The molecular formula is C42H71BrN4O10. The van der Waals surface area contributed by atoms with Gasteiger partial charge in [0.2, 0.25) is 0 Å². The molecule has 326 valence electrons. The maximum absolute atomic E-state index is 14.0. The van der Waals surface area contributed by atoms with Crippen molar-refractivity contribution in [2.45, 2.75) is 131 Å². The monoisotopic (exact) mass is 870 g/mol. The molecule has 0 saturated carbocycles. The van der Waals surface area contributed by atoms with Gasteiger partial charge in [-0.1, -0.05) is 30.3 Å². The molecule has 1 aromatic rings. The molecule has 1 atom stereocenters. The maximum Gasteiger partial charge on any atom is 0.323 e. The summed E-state index contributed by atoms with van der Waals surface area (Å²) in [5.41, 5.74) is -1.98. The molecular weight excluding hydrogens is 800 g/mol. The van der Waals surface area contributed by atoms with Crippen molar-refractivity contribution in [3.8, 4) is 0 Å². The second-order valence-corrected chi connectivity index (χ2v) is 18.4. The van der Waals surface area contributed by atoms with E-state index in [-0.39, 0.29) is 62.0 Å². The molecule has 2 rings (SSSR count). The number of hydrogen-bond donors (Lipinski definition) is 0. The highest BCUT2D eigenvalue weighted by Gasteiger charge is 2.33. The summed E-state index contributed by atoms with van der Waals surface area (Å²) in [4.78, 5) is 74.1. The highest BCUT2D eigenvalue weighted by atomic mass is 79.9. The predicted molar refractivity (Wildman–Crippen MR) is 224 cm³/mol. The van der Waals surface area contributed by atoms with Crippen LogP contribution in [0.3, 0.4) is 0 Å². The second kappa shape index (κ2) is 23.5. The summed E-state index contributed by atoms with van der Waals surface area (Å²) in [6, 6.07) is 8.53. The van der Waals surface area contributed by atoms with E-state index in [1.165, 1.54) is 0 Å². The number of halogens is 1. The van der Waals surface area contributed by atoms with Crippen LogP contribution in [0.15, 0.2) is 30.3 Å². The van der Waals surface area contributed by atoms with Crippen LogP contribution in [0.25, 0.3) is 0 Å². The van der Waals surface area contributed by atoms with Crippen LogP contribution in [0.2, 0.25) is 0 Å². The molecule has 14 nitrogen and oxygen atoms in total. The number of hydrogen-bond acceptors (Lipinski definition) is 14. The van der Waals surface area contributed by atoms with Crippen LogP contribution in [0, 0.1) is 0 Å². The van der Waals surface area contributed by atoms with Crippen LogP contribution >= 0.6 is 17.0 Å². The zero-order chi connectivity index (χ0) is 42.3. The average Bonchev–Trinajstić information content (AvgIpc) is 3.01. The van der Waals surface area contributed by atoms with Crippen molar-refractivity contribution in [2.75, 3.05) is 72.0 Å². The van der Waals surface area contributed by atoms with Gasteiger partial charge in [0.15, 0.2) is 0 Å². The van der Waals surface area contributed by atoms with E-state index in [1.54, 1.807) is 20.8 Å². The van der Waals surface area contributed by atoms with Gasteiger partial charge in [0, 0.05) is 58.8 Å². The largest absolute Gasteiger partial charge is 0.461 e. The zero-order valence-electron chi connectivity index (χ0n) is 36.6. The molecule has 1 aromatic carbocycles. The molecule has 1 aliphatic heterocycles. The predicted octanol–water partition coefficient (Wildman–Crippen LogP) is 5.04. The lowest BCUT2D eigenvalue weighted by Crippen LogP contribution is -2.53. The van der Waals surface area contributed by atoms with E-state index in [1.807, 2.05) is 112 Å². The lowest BCUT2D eigenvalue weighted by Gasteiger charge is -2.37. The van der Waals surface area contributed by atoms with Crippen LogP contribution in [-0.2, 0) is 54.3 Å². The Morgan fingerprint density at radius 2 is 0.877 bits per heavy atom. The second-order valence-electron chi connectivity index (χ2n) is 18.4. The molecule has 57 heavy (non-hydrogen) atoms. The van der Waals surface area contributed by atoms with Crippen molar-refractivity contribution in [3.63, 3.8) is 0 Å². The minimum absolute atomic E-state index is 0. The van der Waals surface area contributed by atoms with Gasteiger partial charge < -0.3 is 23.7 Å². The summed E-state index contributed by atoms with van der Waals surface area (Å²) in [6.07, 6.45) is 0.0977. The third-order valence-electron chi connectivity index (χ3n) is 8.17. The van der Waals surface area contributed by atoms with E-state index in [9.17, 15) is 24.0 Å². The molecule has 1 heterocycles. The van der Waals surface area contributed by atoms with E-state index in [2.05, 4.69) is 0 Å². The summed E-state index contributed by atoms with van der Waals surface area (Å²) < 4.78 is 28.5. The molecule has 0 spiro atoms. The first-order valence-electron chi connectivity index (χ1n) is 19.8. The maximum atomic E-state index is 14.0. The molecule has 0 aliphatic carbocycles. The van der Waals surface area contributed by atoms with Crippen LogP contribution in [-0.4, -0.2) is 150 Å². The third kappa shape index (κ3) is 24.4. The summed E-state index contributed by atoms with van der Waals surface area (Å²) in [5.74, 6) is -2.11. The fourth-order valence-corrected chi connectivity index (χ4v) is 5.89.